The minimum atomic E-state index is -1.14. The Kier molecular flexibility index (Phi) is 5.30. The van der Waals surface area contributed by atoms with Crippen molar-refractivity contribution >= 4 is 24.7 Å². The molecular formula is C17H17BN2O5. The highest BCUT2D eigenvalue weighted by molar-refractivity contribution is 6.63. The molecule has 0 amide bonds. The number of likely N-dealkylation sites (N-methyl/N-ethyl adjacent to an activating group) is 1. The number of rotatable bonds is 4. The quantitative estimate of drug-likeness (QED) is 0.745. The van der Waals surface area contributed by atoms with E-state index in [1.54, 1.807) is 19.2 Å². The maximum Gasteiger partial charge on any atom is 0.656 e. The lowest BCUT2D eigenvalue weighted by Crippen LogP contribution is -2.48. The largest absolute Gasteiger partial charge is 0.656 e. The molecule has 2 heterocycles. The predicted octanol–water partition coefficient (Wildman–Crippen LogP) is 0.388. The van der Waals surface area contributed by atoms with E-state index in [-0.39, 0.29) is 13.1 Å². The monoisotopic (exact) mass is 340 g/mol. The molecule has 25 heavy (non-hydrogen) atoms. The van der Waals surface area contributed by atoms with Crippen molar-refractivity contribution in [2.75, 3.05) is 20.1 Å². The van der Waals surface area contributed by atoms with Crippen LogP contribution in [0.1, 0.15) is 5.56 Å². The fourth-order valence-corrected chi connectivity index (χ4v) is 2.31. The van der Waals surface area contributed by atoms with Gasteiger partial charge in [-0.25, -0.2) is 0 Å². The number of ether oxygens (including phenoxy) is 1. The summed E-state index contributed by atoms with van der Waals surface area (Å²) in [7, 11) is 0.497. The van der Waals surface area contributed by atoms with E-state index < -0.39 is 19.1 Å². The highest BCUT2D eigenvalue weighted by atomic mass is 16.6. The van der Waals surface area contributed by atoms with E-state index in [4.69, 9.17) is 14.0 Å². The van der Waals surface area contributed by atoms with E-state index in [0.717, 1.165) is 5.56 Å². The van der Waals surface area contributed by atoms with Gasteiger partial charge in [-0.3, -0.25) is 19.5 Å². The van der Waals surface area contributed by atoms with E-state index in [0.29, 0.717) is 17.9 Å². The number of carbonyl (C=O) groups is 2. The molecule has 1 aromatic carbocycles. The molecule has 0 N–H and O–H groups in total. The van der Waals surface area contributed by atoms with E-state index in [1.807, 2.05) is 30.3 Å². The molecule has 8 heteroatoms. The van der Waals surface area contributed by atoms with Gasteiger partial charge in [-0.2, -0.15) is 0 Å². The lowest BCUT2D eigenvalue weighted by Gasteiger charge is -2.22. The molecule has 0 atom stereocenters. The lowest BCUT2D eigenvalue weighted by molar-refractivity contribution is -0.145. The van der Waals surface area contributed by atoms with Crippen LogP contribution in [0, 0.1) is 0 Å². The Bertz CT molecular complexity index is 718. The molecule has 2 aromatic rings. The minimum Gasteiger partial charge on any atom is -0.493 e. The Morgan fingerprint density at radius 1 is 1.08 bits per heavy atom. The first-order chi connectivity index (χ1) is 12.1. The Balaban J connectivity index is 1.64. The molecule has 0 unspecified atom stereocenters. The molecule has 0 spiro atoms. The fourth-order valence-electron chi connectivity index (χ4n) is 2.31. The zero-order valence-electron chi connectivity index (χ0n) is 13.8. The summed E-state index contributed by atoms with van der Waals surface area (Å²) >= 11 is 0. The number of nitrogens with zero attached hydrogens (tertiary/aromatic N) is 2. The van der Waals surface area contributed by atoms with Crippen molar-refractivity contribution < 1.29 is 23.6 Å². The summed E-state index contributed by atoms with van der Waals surface area (Å²) in [4.78, 5) is 29.2. The second kappa shape index (κ2) is 7.80. The van der Waals surface area contributed by atoms with Crippen molar-refractivity contribution in [1.82, 2.24) is 9.88 Å². The van der Waals surface area contributed by atoms with Gasteiger partial charge in [0, 0.05) is 0 Å². The first-order valence-electron chi connectivity index (χ1n) is 7.80. The third-order valence-electron chi connectivity index (χ3n) is 3.52. The SMILES string of the molecule is CN1CC(=O)OB(c2ccc(OCc3ccccc3)cn2)OC(=O)C1. The molecule has 0 aliphatic carbocycles. The molecule has 1 aliphatic heterocycles. The Morgan fingerprint density at radius 2 is 1.76 bits per heavy atom. The van der Waals surface area contributed by atoms with E-state index in [2.05, 4.69) is 4.98 Å². The molecule has 3 rings (SSSR count). The van der Waals surface area contributed by atoms with Crippen LogP contribution in [0.5, 0.6) is 5.75 Å². The average Bonchev–Trinajstić information content (AvgIpc) is 2.59. The average molecular weight is 340 g/mol. The summed E-state index contributed by atoms with van der Waals surface area (Å²) in [5.41, 5.74) is 1.37. The van der Waals surface area contributed by atoms with Crippen LogP contribution in [0.3, 0.4) is 0 Å². The normalized spacial score (nSPS) is 15.8. The van der Waals surface area contributed by atoms with Crippen LogP contribution >= 0.6 is 0 Å². The highest BCUT2D eigenvalue weighted by Crippen LogP contribution is 2.10. The van der Waals surface area contributed by atoms with E-state index in [1.165, 1.54) is 11.1 Å². The van der Waals surface area contributed by atoms with Crippen molar-refractivity contribution in [2.45, 2.75) is 6.61 Å². The van der Waals surface area contributed by atoms with Gasteiger partial charge in [-0.15, -0.1) is 0 Å². The van der Waals surface area contributed by atoms with Crippen LogP contribution < -0.4 is 10.3 Å². The van der Waals surface area contributed by atoms with E-state index >= 15 is 0 Å². The van der Waals surface area contributed by atoms with Crippen LogP contribution in [0.2, 0.25) is 0 Å². The molecule has 1 aliphatic rings. The van der Waals surface area contributed by atoms with E-state index in [9.17, 15) is 9.59 Å². The van der Waals surface area contributed by atoms with Crippen LogP contribution in [0.15, 0.2) is 48.7 Å². The molecule has 1 fully saturated rings. The second-order valence-electron chi connectivity index (χ2n) is 5.68. The summed E-state index contributed by atoms with van der Waals surface area (Å²) in [5.74, 6) is -0.395. The summed E-state index contributed by atoms with van der Waals surface area (Å²) in [6, 6.07) is 13.0. The number of benzene rings is 1. The summed E-state index contributed by atoms with van der Waals surface area (Å²) < 4.78 is 16.0. The van der Waals surface area contributed by atoms with Gasteiger partial charge in [0.2, 0.25) is 0 Å². The number of hydrogen-bond acceptors (Lipinski definition) is 7. The summed E-state index contributed by atoms with van der Waals surface area (Å²) in [5, 5.41) is 0. The Morgan fingerprint density at radius 3 is 2.36 bits per heavy atom. The van der Waals surface area contributed by atoms with Crippen molar-refractivity contribution in [2.24, 2.45) is 0 Å². The topological polar surface area (TPSA) is 78.0 Å². The third kappa shape index (κ3) is 4.80. The minimum absolute atomic E-state index is 0.0177. The van der Waals surface area contributed by atoms with Gasteiger partial charge in [-0.05, 0) is 24.7 Å². The zero-order chi connectivity index (χ0) is 17.6. The lowest BCUT2D eigenvalue weighted by atomic mass is 9.83. The first kappa shape index (κ1) is 17.0. The molecule has 0 radical (unpaired) electrons. The van der Waals surface area contributed by atoms with Gasteiger partial charge < -0.3 is 14.0 Å². The van der Waals surface area contributed by atoms with Gasteiger partial charge in [0.1, 0.15) is 17.9 Å². The van der Waals surface area contributed by atoms with Gasteiger partial charge >= 0.3 is 19.1 Å². The Labute approximate surface area is 145 Å². The zero-order valence-corrected chi connectivity index (χ0v) is 13.8. The van der Waals surface area contributed by atoms with Crippen molar-refractivity contribution in [3.05, 3.63) is 54.2 Å². The first-order valence-corrected chi connectivity index (χ1v) is 7.80. The maximum absolute atomic E-state index is 11.8. The van der Waals surface area contributed by atoms with Gasteiger partial charge in [0.05, 0.1) is 19.3 Å². The number of carbonyl (C=O) groups excluding carboxylic acids is 2. The molecule has 128 valence electrons. The summed E-state index contributed by atoms with van der Waals surface area (Å²) in [6.45, 7) is 0.454. The number of aromatic nitrogens is 1. The number of hydrogen-bond donors (Lipinski definition) is 0. The van der Waals surface area contributed by atoms with Gasteiger partial charge in [0.25, 0.3) is 0 Å². The van der Waals surface area contributed by atoms with Crippen LogP contribution in [-0.2, 0) is 25.5 Å². The summed E-state index contributed by atoms with van der Waals surface area (Å²) in [6.07, 6.45) is 1.50. The number of pyridine rings is 1. The van der Waals surface area contributed by atoms with Crippen LogP contribution in [-0.4, -0.2) is 49.1 Å². The van der Waals surface area contributed by atoms with Crippen molar-refractivity contribution in [3.63, 3.8) is 0 Å². The molecule has 1 aromatic heterocycles. The van der Waals surface area contributed by atoms with Crippen LogP contribution in [0.4, 0.5) is 0 Å². The Hall–Kier alpha value is -2.87. The highest BCUT2D eigenvalue weighted by Gasteiger charge is 2.35. The maximum atomic E-state index is 11.8. The molecule has 0 bridgehead atoms. The molecule has 0 saturated carbocycles. The van der Waals surface area contributed by atoms with Gasteiger partial charge in [-0.1, -0.05) is 30.3 Å². The predicted molar refractivity (Wildman–Crippen MR) is 90.1 cm³/mol. The second-order valence-corrected chi connectivity index (χ2v) is 5.68. The fraction of sp³-hybridized carbons (Fsp3) is 0.235. The van der Waals surface area contributed by atoms with Gasteiger partial charge in [0.15, 0.2) is 0 Å². The van der Waals surface area contributed by atoms with Crippen LogP contribution in [0.25, 0.3) is 0 Å². The van der Waals surface area contributed by atoms with Crippen molar-refractivity contribution in [3.8, 4) is 5.75 Å². The smallest absolute Gasteiger partial charge is 0.493 e. The third-order valence-corrected chi connectivity index (χ3v) is 3.52. The molecule has 7 nitrogen and oxygen atoms in total. The molecular weight excluding hydrogens is 323 g/mol. The molecule has 1 saturated heterocycles. The van der Waals surface area contributed by atoms with Crippen molar-refractivity contribution in [1.29, 1.82) is 0 Å². The standard InChI is InChI=1S/C17H17BN2O5/c1-20-10-16(21)24-18(25-17(22)11-20)15-8-7-14(9-19-15)23-12-13-5-3-2-4-6-13/h2-9H,10-12H2,1H3.